The molecule has 131 heavy (non-hydrogen) atoms. The van der Waals surface area contributed by atoms with E-state index in [1.807, 2.05) is 133 Å². The molecule has 28 rings (SSSR count). The second-order valence-electron chi connectivity index (χ2n) is 33.4. The molecule has 0 aliphatic rings. The maximum Gasteiger partial charge on any atom is 0.160 e. The molecule has 0 fully saturated rings. The number of para-hydroxylation sites is 8. The van der Waals surface area contributed by atoms with Gasteiger partial charge >= 0.3 is 0 Å². The third kappa shape index (κ3) is 13.0. The molecule has 0 saturated carbocycles. The summed E-state index contributed by atoms with van der Waals surface area (Å²) in [5.74, 6) is 2.04. The van der Waals surface area contributed by atoms with Gasteiger partial charge in [0.1, 0.15) is 55.8 Å². The normalized spacial score (nSPS) is 11.8. The number of nitrogens with zero attached hydrogens (tertiary/aromatic N) is 6. The maximum absolute atomic E-state index is 6.37. The van der Waals surface area contributed by atoms with Crippen molar-refractivity contribution in [3.8, 4) is 101 Å². The molecule has 610 valence electrons. The van der Waals surface area contributed by atoms with Gasteiger partial charge in [0.05, 0.1) is 33.6 Å². The fourth-order valence-electron chi connectivity index (χ4n) is 19.1. The van der Waals surface area contributed by atoms with Crippen LogP contribution in [0.15, 0.2) is 447 Å². The van der Waals surface area contributed by atoms with Gasteiger partial charge in [0.2, 0.25) is 0 Å². The number of rotatable bonds is 9. The van der Waals surface area contributed by atoms with E-state index >= 15 is 0 Å². The van der Waals surface area contributed by atoms with Gasteiger partial charge in [-0.1, -0.05) is 309 Å². The third-order valence-electron chi connectivity index (χ3n) is 25.7. The summed E-state index contributed by atoms with van der Waals surface area (Å²) >= 11 is 0. The predicted molar refractivity (Wildman–Crippen MR) is 536 cm³/mol. The Morgan fingerprint density at radius 2 is 0.382 bits per heavy atom. The molecular weight excluding hydrogens is 1610 g/mol. The lowest BCUT2D eigenvalue weighted by Gasteiger charge is -2.11. The van der Waals surface area contributed by atoms with E-state index in [0.29, 0.717) is 17.5 Å². The molecule has 0 atom stereocenters. The average Bonchev–Trinajstić information content (AvgIpc) is 1.65. The van der Waals surface area contributed by atoms with Crippen LogP contribution in [0.5, 0.6) is 0 Å². The van der Waals surface area contributed by atoms with Gasteiger partial charge in [-0.15, -0.1) is 0 Å². The Balaban J connectivity index is 0.000000104. The van der Waals surface area contributed by atoms with Gasteiger partial charge in [-0.3, -0.25) is 0 Å². The first-order valence-corrected chi connectivity index (χ1v) is 43.9. The number of fused-ring (bicyclic) bond motifs is 24. The molecule has 0 radical (unpaired) electrons. The fraction of sp³-hybridized carbons (Fsp3) is 0. The summed E-state index contributed by atoms with van der Waals surface area (Å²) < 4.78 is 31.4. The molecule has 0 saturated heterocycles. The van der Waals surface area contributed by atoms with E-state index in [0.717, 1.165) is 247 Å². The molecule has 11 heteroatoms. The Hall–Kier alpha value is -17.8. The Kier molecular flexibility index (Phi) is 17.4. The molecule has 0 aliphatic heterocycles. The van der Waals surface area contributed by atoms with Crippen molar-refractivity contribution in [1.82, 2.24) is 29.9 Å². The first-order chi connectivity index (χ1) is 64.8. The summed E-state index contributed by atoms with van der Waals surface area (Å²) in [6.07, 6.45) is 0. The molecule has 0 amide bonds. The Morgan fingerprint density at radius 1 is 0.130 bits per heavy atom. The highest BCUT2D eigenvalue weighted by molar-refractivity contribution is 6.19. The lowest BCUT2D eigenvalue weighted by atomic mass is 9.97. The van der Waals surface area contributed by atoms with E-state index in [4.69, 9.17) is 52.0 Å². The Morgan fingerprint density at radius 3 is 0.802 bits per heavy atom. The largest absolute Gasteiger partial charge is 0.456 e. The molecule has 8 aromatic heterocycles. The van der Waals surface area contributed by atoms with Gasteiger partial charge in [-0.05, 0) is 165 Å². The molecule has 20 aromatic carbocycles. The number of benzene rings is 20. The first kappa shape index (κ1) is 74.6. The maximum atomic E-state index is 6.37. The minimum Gasteiger partial charge on any atom is -0.456 e. The van der Waals surface area contributed by atoms with Crippen molar-refractivity contribution in [3.63, 3.8) is 0 Å². The van der Waals surface area contributed by atoms with Crippen LogP contribution in [0.4, 0.5) is 0 Å². The minimum absolute atomic E-state index is 0.666. The van der Waals surface area contributed by atoms with Crippen LogP contribution in [-0.4, -0.2) is 29.9 Å². The first-order valence-electron chi connectivity index (χ1n) is 43.9. The molecule has 0 aliphatic carbocycles. The fourth-order valence-corrected chi connectivity index (χ4v) is 19.1. The van der Waals surface area contributed by atoms with Gasteiger partial charge in [-0.25, -0.2) is 29.9 Å². The van der Waals surface area contributed by atoms with Crippen LogP contribution in [0.2, 0.25) is 0 Å². The molecular formula is C120H70N6O5. The Labute approximate surface area is 747 Å². The van der Waals surface area contributed by atoms with Crippen LogP contribution >= 0.6 is 0 Å². The van der Waals surface area contributed by atoms with Crippen LogP contribution < -0.4 is 0 Å². The Bertz CT molecular complexity index is 9520. The molecule has 28 aromatic rings. The second kappa shape index (κ2) is 30.5. The lowest BCUT2D eigenvalue weighted by Crippen LogP contribution is -1.95. The molecule has 11 nitrogen and oxygen atoms in total. The summed E-state index contributed by atoms with van der Waals surface area (Å²) in [6, 6.07) is 147. The van der Waals surface area contributed by atoms with Crippen molar-refractivity contribution in [2.75, 3.05) is 0 Å². The van der Waals surface area contributed by atoms with Gasteiger partial charge in [0.15, 0.2) is 17.5 Å². The highest BCUT2D eigenvalue weighted by atomic mass is 16.3. The summed E-state index contributed by atoms with van der Waals surface area (Å²) in [5, 5.41) is 21.0. The van der Waals surface area contributed by atoms with E-state index in [9.17, 15) is 0 Å². The molecule has 0 spiro atoms. The zero-order chi connectivity index (χ0) is 86.1. The van der Waals surface area contributed by atoms with Crippen LogP contribution in [0.25, 0.3) is 276 Å². The van der Waals surface area contributed by atoms with Crippen molar-refractivity contribution in [3.05, 3.63) is 425 Å². The second-order valence-corrected chi connectivity index (χ2v) is 33.4. The van der Waals surface area contributed by atoms with Crippen LogP contribution in [0.1, 0.15) is 0 Å². The number of hydrogen-bond donors (Lipinski definition) is 0. The summed E-state index contributed by atoms with van der Waals surface area (Å²) in [6.45, 7) is 0. The number of furan rings is 5. The van der Waals surface area contributed by atoms with Gasteiger partial charge in [-0.2, -0.15) is 0 Å². The smallest absolute Gasteiger partial charge is 0.160 e. The predicted octanol–water partition coefficient (Wildman–Crippen LogP) is 32.8. The van der Waals surface area contributed by atoms with Crippen molar-refractivity contribution in [2.45, 2.75) is 0 Å². The van der Waals surface area contributed by atoms with E-state index in [2.05, 4.69) is 291 Å². The van der Waals surface area contributed by atoms with Crippen LogP contribution in [0.3, 0.4) is 0 Å². The van der Waals surface area contributed by atoms with E-state index < -0.39 is 0 Å². The lowest BCUT2D eigenvalue weighted by molar-refractivity contribution is 0.668. The highest BCUT2D eigenvalue weighted by Crippen LogP contribution is 2.44. The van der Waals surface area contributed by atoms with Gasteiger partial charge in [0, 0.05) is 120 Å². The third-order valence-corrected chi connectivity index (χ3v) is 25.7. The quantitative estimate of drug-likeness (QED) is 0.136. The summed E-state index contributed by atoms with van der Waals surface area (Å²) in [4.78, 5) is 30.4. The average molecular weight is 1680 g/mol. The summed E-state index contributed by atoms with van der Waals surface area (Å²) in [5.41, 5.74) is 27.1. The number of aromatic nitrogens is 6. The van der Waals surface area contributed by atoms with Crippen molar-refractivity contribution >= 4 is 175 Å². The molecule has 8 heterocycles. The van der Waals surface area contributed by atoms with Crippen molar-refractivity contribution in [2.24, 2.45) is 0 Å². The molecule has 0 unspecified atom stereocenters. The van der Waals surface area contributed by atoms with Crippen LogP contribution in [-0.2, 0) is 0 Å². The highest BCUT2D eigenvalue weighted by Gasteiger charge is 2.22. The van der Waals surface area contributed by atoms with E-state index in [1.54, 1.807) is 0 Å². The van der Waals surface area contributed by atoms with E-state index in [1.165, 1.54) is 11.1 Å². The van der Waals surface area contributed by atoms with Crippen LogP contribution in [0, 0.1) is 0 Å². The topological polar surface area (TPSA) is 143 Å². The molecule has 0 bridgehead atoms. The van der Waals surface area contributed by atoms with Gasteiger partial charge in [0.25, 0.3) is 0 Å². The molecule has 0 N–H and O–H groups in total. The van der Waals surface area contributed by atoms with Gasteiger partial charge < -0.3 is 22.1 Å². The van der Waals surface area contributed by atoms with E-state index in [-0.39, 0.29) is 0 Å². The zero-order valence-corrected chi connectivity index (χ0v) is 70.1. The zero-order valence-electron chi connectivity index (χ0n) is 70.1. The minimum atomic E-state index is 0.666. The monoisotopic (exact) mass is 1670 g/mol. The standard InChI is InChI=1S/2C42H24N2O2.C36H22N2O/c1-4-13-36-34(12-1)40(44-42(43-36)29-19-20-32-30-10-2-5-14-37(30)45-39(32)24-29)28-9-7-8-26(22-28)27-17-16-25-18-21-33-31-11-3-6-15-38(31)46-41(33)35(25)23-27;1-4-10-36-34(9-1)40(44-42(43-36)29-20-21-32-30-7-2-5-11-37(30)45-39(32)24-29)27-16-13-25(14-17-27)28-18-15-26-19-22-33-31-8-3-6-12-38(31)46-41(33)35(26)23-28;1-2-8-23(9-3-1)24-14-17-26(18-15-24)34-30-11-4-6-12-32(30)37-36(38-34)27-19-16-25-20-21-29-28-10-5-7-13-33(28)39-35(29)31(25)22-27/h2*1-24H;1-22H. The van der Waals surface area contributed by atoms with Crippen molar-refractivity contribution in [1.29, 1.82) is 0 Å². The van der Waals surface area contributed by atoms with Crippen molar-refractivity contribution < 1.29 is 22.1 Å². The SMILES string of the molecule is c1cc(-c2ccc3ccc4c5ccccc5oc4c3c2)cc(-c2nc(-c3ccc4c(c3)oc3ccccc34)nc3ccccc23)c1.c1ccc(-c2ccc(-c3nc(-c4ccc5ccc6c7ccccc7oc6c5c4)nc4ccccc34)cc2)cc1.c1ccc2c(-c3ccc(-c4ccc5ccc6c7ccccc7oc6c5c4)cc3)nc(-c3ccc4c(c3)oc3ccccc34)nc2c1. The summed E-state index contributed by atoms with van der Waals surface area (Å²) in [7, 11) is 0. The number of hydrogen-bond acceptors (Lipinski definition) is 11.